The highest BCUT2D eigenvalue weighted by atomic mass is 35.5. The Balaban J connectivity index is 2.30. The van der Waals surface area contributed by atoms with Gasteiger partial charge in [0.05, 0.1) is 9.92 Å². The van der Waals surface area contributed by atoms with Gasteiger partial charge in [-0.2, -0.15) is 0 Å². The molecule has 0 spiro atoms. The summed E-state index contributed by atoms with van der Waals surface area (Å²) in [4.78, 5) is 11.8. The zero-order valence-corrected chi connectivity index (χ0v) is 11.8. The van der Waals surface area contributed by atoms with Crippen LogP contribution < -0.4 is 0 Å². The van der Waals surface area contributed by atoms with Crippen LogP contribution in [0.3, 0.4) is 0 Å². The van der Waals surface area contributed by atoms with E-state index in [2.05, 4.69) is 0 Å². The number of rotatable bonds is 4. The van der Waals surface area contributed by atoms with Crippen molar-refractivity contribution in [2.75, 3.05) is 5.75 Å². The molecule has 0 aliphatic heterocycles. The number of sulfone groups is 1. The zero-order chi connectivity index (χ0) is 14.8. The summed E-state index contributed by atoms with van der Waals surface area (Å²) in [6.45, 7) is 0. The average molecular weight is 313 g/mol. The molecule has 3 nitrogen and oxygen atoms in total. The van der Waals surface area contributed by atoms with Gasteiger partial charge in [-0.3, -0.25) is 4.79 Å². The predicted octanol–water partition coefficient (Wildman–Crippen LogP) is 3.14. The minimum absolute atomic E-state index is 0.0145. The quantitative estimate of drug-likeness (QED) is 0.815. The topological polar surface area (TPSA) is 51.2 Å². The van der Waals surface area contributed by atoms with Crippen LogP contribution in [0.2, 0.25) is 5.02 Å². The first kappa shape index (κ1) is 14.7. The number of hydrogen-bond donors (Lipinski definition) is 0. The number of Topliss-reactive ketones (excluding diaryl/α,β-unsaturated/α-hetero) is 1. The van der Waals surface area contributed by atoms with E-state index >= 15 is 0 Å². The van der Waals surface area contributed by atoms with Crippen molar-refractivity contribution in [2.45, 2.75) is 4.90 Å². The Labute approximate surface area is 120 Å². The normalized spacial score (nSPS) is 11.3. The molecule has 0 bridgehead atoms. The standard InChI is InChI=1S/C14H10ClFO3S/c15-12-6-1-2-7-14(12)20(18,19)9-13(17)10-4-3-5-11(16)8-10/h1-8H,9H2. The van der Waals surface area contributed by atoms with Crippen LogP contribution in [0.15, 0.2) is 53.4 Å². The zero-order valence-electron chi connectivity index (χ0n) is 10.2. The third-order valence-corrected chi connectivity index (χ3v) is 4.75. The molecule has 0 saturated heterocycles. The Bertz CT molecular complexity index is 757. The number of ketones is 1. The van der Waals surface area contributed by atoms with E-state index in [0.717, 1.165) is 6.07 Å². The van der Waals surface area contributed by atoms with Crippen LogP contribution in [0.5, 0.6) is 0 Å². The minimum Gasteiger partial charge on any atom is -0.293 e. The maximum Gasteiger partial charge on any atom is 0.187 e. The average Bonchev–Trinajstić information content (AvgIpc) is 2.38. The Morgan fingerprint density at radius 1 is 1.10 bits per heavy atom. The van der Waals surface area contributed by atoms with Crippen LogP contribution in [0.1, 0.15) is 10.4 Å². The smallest absolute Gasteiger partial charge is 0.187 e. The van der Waals surface area contributed by atoms with Gasteiger partial charge in [-0.15, -0.1) is 0 Å². The highest BCUT2D eigenvalue weighted by Gasteiger charge is 2.22. The first-order valence-electron chi connectivity index (χ1n) is 5.66. The lowest BCUT2D eigenvalue weighted by atomic mass is 10.1. The van der Waals surface area contributed by atoms with E-state index in [4.69, 9.17) is 11.6 Å². The molecule has 0 heterocycles. The molecule has 0 aliphatic carbocycles. The van der Waals surface area contributed by atoms with E-state index in [9.17, 15) is 17.6 Å². The second-order valence-electron chi connectivity index (χ2n) is 4.12. The molecule has 0 atom stereocenters. The van der Waals surface area contributed by atoms with Gasteiger partial charge in [0.1, 0.15) is 11.6 Å². The van der Waals surface area contributed by atoms with Crippen LogP contribution in [0.4, 0.5) is 4.39 Å². The lowest BCUT2D eigenvalue weighted by Crippen LogP contribution is -2.17. The maximum atomic E-state index is 13.0. The van der Waals surface area contributed by atoms with Crippen LogP contribution in [-0.2, 0) is 9.84 Å². The van der Waals surface area contributed by atoms with E-state index in [1.807, 2.05) is 0 Å². The number of carbonyl (C=O) groups is 1. The summed E-state index contributed by atoms with van der Waals surface area (Å²) in [6.07, 6.45) is 0. The van der Waals surface area contributed by atoms with Gasteiger partial charge < -0.3 is 0 Å². The first-order valence-corrected chi connectivity index (χ1v) is 7.69. The van der Waals surface area contributed by atoms with E-state index in [0.29, 0.717) is 0 Å². The summed E-state index contributed by atoms with van der Waals surface area (Å²) >= 11 is 5.81. The highest BCUT2D eigenvalue weighted by Crippen LogP contribution is 2.22. The number of hydrogen-bond acceptors (Lipinski definition) is 3. The predicted molar refractivity (Wildman–Crippen MR) is 74.2 cm³/mol. The Morgan fingerprint density at radius 2 is 1.80 bits per heavy atom. The molecular formula is C14H10ClFO3S. The molecule has 0 amide bonds. The van der Waals surface area contributed by atoms with Crippen molar-refractivity contribution in [3.8, 4) is 0 Å². The van der Waals surface area contributed by atoms with E-state index in [1.165, 1.54) is 36.4 Å². The van der Waals surface area contributed by atoms with Crippen LogP contribution in [0, 0.1) is 5.82 Å². The molecule has 6 heteroatoms. The van der Waals surface area contributed by atoms with Crippen molar-refractivity contribution in [1.29, 1.82) is 0 Å². The molecule has 0 N–H and O–H groups in total. The summed E-state index contributed by atoms with van der Waals surface area (Å²) in [7, 11) is -3.86. The maximum absolute atomic E-state index is 13.0. The Morgan fingerprint density at radius 3 is 2.45 bits per heavy atom. The van der Waals surface area contributed by atoms with Crippen molar-refractivity contribution >= 4 is 27.2 Å². The number of benzene rings is 2. The van der Waals surface area contributed by atoms with Gasteiger partial charge >= 0.3 is 0 Å². The fraction of sp³-hybridized carbons (Fsp3) is 0.0714. The highest BCUT2D eigenvalue weighted by molar-refractivity contribution is 7.92. The summed E-state index contributed by atoms with van der Waals surface area (Å²) in [5, 5.41) is 0.0551. The van der Waals surface area contributed by atoms with Crippen molar-refractivity contribution in [3.05, 3.63) is 64.9 Å². The van der Waals surface area contributed by atoms with Crippen LogP contribution in [-0.4, -0.2) is 20.0 Å². The van der Waals surface area contributed by atoms with Crippen LogP contribution in [0.25, 0.3) is 0 Å². The van der Waals surface area contributed by atoms with E-state index in [1.54, 1.807) is 6.07 Å². The SMILES string of the molecule is O=C(CS(=O)(=O)c1ccccc1Cl)c1cccc(F)c1. The number of carbonyl (C=O) groups excluding carboxylic acids is 1. The largest absolute Gasteiger partial charge is 0.293 e. The lowest BCUT2D eigenvalue weighted by molar-refractivity contribution is 0.102. The van der Waals surface area contributed by atoms with Gasteiger partial charge in [0.2, 0.25) is 0 Å². The third kappa shape index (κ3) is 3.23. The molecule has 2 aromatic carbocycles. The van der Waals surface area contributed by atoms with Gasteiger partial charge in [0.25, 0.3) is 0 Å². The molecule has 0 fully saturated rings. The van der Waals surface area contributed by atoms with Gasteiger partial charge in [-0.25, -0.2) is 12.8 Å². The monoisotopic (exact) mass is 312 g/mol. The molecule has 0 unspecified atom stereocenters. The molecule has 104 valence electrons. The summed E-state index contributed by atoms with van der Waals surface area (Å²) in [6, 6.07) is 10.8. The Kier molecular flexibility index (Phi) is 4.20. The van der Waals surface area contributed by atoms with Crippen molar-refractivity contribution in [1.82, 2.24) is 0 Å². The summed E-state index contributed by atoms with van der Waals surface area (Å²) in [5.74, 6) is -2.02. The van der Waals surface area contributed by atoms with Crippen molar-refractivity contribution in [2.24, 2.45) is 0 Å². The summed E-state index contributed by atoms with van der Waals surface area (Å²) < 4.78 is 37.3. The molecule has 0 aliphatic rings. The van der Waals surface area contributed by atoms with Gasteiger partial charge in [0.15, 0.2) is 15.6 Å². The number of halogens is 2. The van der Waals surface area contributed by atoms with Gasteiger partial charge in [-0.1, -0.05) is 35.9 Å². The van der Waals surface area contributed by atoms with Crippen molar-refractivity contribution in [3.63, 3.8) is 0 Å². The first-order chi connectivity index (χ1) is 9.40. The molecule has 0 saturated carbocycles. The second-order valence-corrected chi connectivity index (χ2v) is 6.49. The van der Waals surface area contributed by atoms with Crippen LogP contribution >= 0.6 is 11.6 Å². The van der Waals surface area contributed by atoms with E-state index in [-0.39, 0.29) is 15.5 Å². The fourth-order valence-corrected chi connectivity index (χ4v) is 3.50. The van der Waals surface area contributed by atoms with Gasteiger partial charge in [-0.05, 0) is 24.3 Å². The second kappa shape index (κ2) is 5.73. The molecule has 0 radical (unpaired) electrons. The minimum atomic E-state index is -3.86. The summed E-state index contributed by atoms with van der Waals surface area (Å²) in [5.41, 5.74) is 0.0145. The molecule has 0 aromatic heterocycles. The molecular weight excluding hydrogens is 303 g/mol. The molecule has 2 rings (SSSR count). The van der Waals surface area contributed by atoms with Gasteiger partial charge in [0, 0.05) is 5.56 Å². The lowest BCUT2D eigenvalue weighted by Gasteiger charge is -2.06. The molecule has 2 aromatic rings. The van der Waals surface area contributed by atoms with E-state index < -0.39 is 27.2 Å². The van der Waals surface area contributed by atoms with Crippen molar-refractivity contribution < 1.29 is 17.6 Å². The fourth-order valence-electron chi connectivity index (χ4n) is 1.69. The molecule has 20 heavy (non-hydrogen) atoms. The third-order valence-electron chi connectivity index (χ3n) is 2.64. The Hall–Kier alpha value is -1.72.